The molecule has 4 heterocycles. The van der Waals surface area contributed by atoms with Crippen molar-refractivity contribution in [3.8, 4) is 33.6 Å². The molecular formula is C72H46N2S2Si. The van der Waals surface area contributed by atoms with E-state index in [2.05, 4.69) is 288 Å². The lowest BCUT2D eigenvalue weighted by Gasteiger charge is -2.35. The molecular weight excluding hydrogens is 985 g/mol. The summed E-state index contributed by atoms with van der Waals surface area (Å²) >= 11 is 3.91. The highest BCUT2D eigenvalue weighted by molar-refractivity contribution is 7.33. The molecule has 0 saturated carbocycles. The molecule has 16 rings (SSSR count). The van der Waals surface area contributed by atoms with Crippen LogP contribution in [-0.4, -0.2) is 17.2 Å². The lowest BCUT2D eigenvalue weighted by Crippen LogP contribution is -2.74. The average Bonchev–Trinajstić information content (AvgIpc) is 4.48. The molecule has 0 unspecified atom stereocenters. The summed E-state index contributed by atoms with van der Waals surface area (Å²) in [5.41, 5.74) is 12.1. The minimum Gasteiger partial charge on any atom is -0.309 e. The second-order valence-corrected chi connectivity index (χ2v) is 26.1. The molecule has 0 aliphatic carbocycles. The van der Waals surface area contributed by atoms with Crippen molar-refractivity contribution in [2.24, 2.45) is 0 Å². The highest BCUT2D eigenvalue weighted by Gasteiger charge is 2.44. The SMILES string of the molecule is c1ccc(-n2c3ccccc3c3cc(-c4ccc5sc6c([Si](c7ccccc7)(c7ccccc7)c7cccc8c7sc7ccc(-c9ccc%10c(c9)c9ccccc9n%10-c9ccccc9)cc78)cccc6c5c4)ccc32)cc1. The van der Waals surface area contributed by atoms with E-state index in [-0.39, 0.29) is 0 Å². The molecule has 0 bridgehead atoms. The van der Waals surface area contributed by atoms with Crippen LogP contribution in [0.25, 0.3) is 118 Å². The van der Waals surface area contributed by atoms with Gasteiger partial charge in [-0.1, -0.05) is 194 Å². The Bertz CT molecular complexity index is 4660. The van der Waals surface area contributed by atoms with Crippen LogP contribution in [0.5, 0.6) is 0 Å². The molecule has 0 atom stereocenters. The first kappa shape index (κ1) is 44.2. The third kappa shape index (κ3) is 6.71. The Morgan fingerprint density at radius 2 is 0.584 bits per heavy atom. The van der Waals surface area contributed by atoms with Crippen LogP contribution in [0, 0.1) is 0 Å². The van der Waals surface area contributed by atoms with Gasteiger partial charge in [0.1, 0.15) is 0 Å². The molecule has 77 heavy (non-hydrogen) atoms. The monoisotopic (exact) mass is 1030 g/mol. The fraction of sp³-hybridized carbons (Fsp3) is 0. The maximum Gasteiger partial charge on any atom is 0.182 e. The molecule has 0 N–H and O–H groups in total. The van der Waals surface area contributed by atoms with E-state index in [4.69, 9.17) is 0 Å². The summed E-state index contributed by atoms with van der Waals surface area (Å²) in [5, 5.41) is 15.9. The van der Waals surface area contributed by atoms with Gasteiger partial charge in [-0.15, -0.1) is 22.7 Å². The van der Waals surface area contributed by atoms with Gasteiger partial charge < -0.3 is 9.13 Å². The Morgan fingerprint density at radius 3 is 1.01 bits per heavy atom. The zero-order chi connectivity index (χ0) is 50.6. The van der Waals surface area contributed by atoms with Gasteiger partial charge in [-0.2, -0.15) is 0 Å². The molecule has 0 aliphatic heterocycles. The van der Waals surface area contributed by atoms with Crippen molar-refractivity contribution in [1.82, 2.24) is 9.13 Å². The normalized spacial score (nSPS) is 12.2. The first-order valence-electron chi connectivity index (χ1n) is 26.4. The minimum atomic E-state index is -3.06. The highest BCUT2D eigenvalue weighted by atomic mass is 32.1. The number of rotatable bonds is 8. The smallest absolute Gasteiger partial charge is 0.182 e. The summed E-state index contributed by atoms with van der Waals surface area (Å²) in [5.74, 6) is 0. The molecule has 0 radical (unpaired) electrons. The van der Waals surface area contributed by atoms with Gasteiger partial charge in [0.2, 0.25) is 0 Å². The molecule has 5 heteroatoms. The lowest BCUT2D eigenvalue weighted by atomic mass is 10.0. The van der Waals surface area contributed by atoms with Crippen molar-refractivity contribution in [3.63, 3.8) is 0 Å². The Kier molecular flexibility index (Phi) is 10.0. The summed E-state index contributed by atoms with van der Waals surface area (Å²) < 4.78 is 10.1. The maximum atomic E-state index is 2.47. The van der Waals surface area contributed by atoms with Crippen molar-refractivity contribution >= 4 is 135 Å². The predicted octanol–water partition coefficient (Wildman–Crippen LogP) is 17.3. The number of hydrogen-bond acceptors (Lipinski definition) is 2. The van der Waals surface area contributed by atoms with Gasteiger partial charge in [-0.05, 0) is 128 Å². The van der Waals surface area contributed by atoms with Gasteiger partial charge in [-0.25, -0.2) is 0 Å². The number of hydrogen-bond donors (Lipinski definition) is 0. The van der Waals surface area contributed by atoms with E-state index in [1.165, 1.54) is 138 Å². The summed E-state index contributed by atoms with van der Waals surface area (Å²) in [7, 11) is -3.06. The van der Waals surface area contributed by atoms with E-state index in [0.717, 1.165) is 0 Å². The van der Waals surface area contributed by atoms with Crippen LogP contribution in [0.2, 0.25) is 0 Å². The summed E-state index contributed by atoms with van der Waals surface area (Å²) in [4.78, 5) is 0. The van der Waals surface area contributed by atoms with Gasteiger partial charge in [0.15, 0.2) is 8.07 Å². The number of nitrogens with zero attached hydrogens (tertiary/aromatic N) is 2. The number of aromatic nitrogens is 2. The predicted molar refractivity (Wildman–Crippen MR) is 335 cm³/mol. The second kappa shape index (κ2) is 17.5. The van der Waals surface area contributed by atoms with Crippen LogP contribution >= 0.6 is 22.7 Å². The van der Waals surface area contributed by atoms with Crippen LogP contribution < -0.4 is 20.7 Å². The van der Waals surface area contributed by atoms with E-state index < -0.39 is 8.07 Å². The van der Waals surface area contributed by atoms with Gasteiger partial charge >= 0.3 is 0 Å². The van der Waals surface area contributed by atoms with Crippen molar-refractivity contribution in [3.05, 3.63) is 279 Å². The van der Waals surface area contributed by atoms with Gasteiger partial charge in [0, 0.05) is 73.3 Å². The van der Waals surface area contributed by atoms with Crippen LogP contribution in [-0.2, 0) is 0 Å². The standard InChI is InChI=1S/C72H46N2S2Si/c1-5-19-51(20-6-1)73-63-31-15-13-27-55(63)59-43-47(35-39-65(59)73)49-37-41-67-61(45-49)57-29-17-33-69(71(57)75-67)77(53-23-9-3-10-24-53,54-25-11-4-12-26-54)70-34-18-30-58-62-46-50(38-42-68(62)76-72(58)70)48-36-40-66-60(44-48)56-28-14-16-32-64(56)74(66)52-21-7-2-8-22-52/h1-46H. The second-order valence-electron chi connectivity index (χ2n) is 20.3. The largest absolute Gasteiger partial charge is 0.309 e. The molecule has 0 spiro atoms. The van der Waals surface area contributed by atoms with Crippen LogP contribution in [0.1, 0.15) is 0 Å². The molecule has 0 amide bonds. The third-order valence-electron chi connectivity index (χ3n) is 16.3. The van der Waals surface area contributed by atoms with Crippen molar-refractivity contribution in [2.45, 2.75) is 0 Å². The van der Waals surface area contributed by atoms with Crippen molar-refractivity contribution in [2.75, 3.05) is 0 Å². The Balaban J connectivity index is 0.878. The molecule has 4 aromatic heterocycles. The van der Waals surface area contributed by atoms with E-state index in [1.54, 1.807) is 0 Å². The van der Waals surface area contributed by atoms with E-state index in [0.29, 0.717) is 0 Å². The molecule has 0 saturated heterocycles. The fourth-order valence-electron chi connectivity index (χ4n) is 12.9. The molecule has 16 aromatic rings. The third-order valence-corrected chi connectivity index (χ3v) is 23.9. The number of para-hydroxylation sites is 4. The van der Waals surface area contributed by atoms with Crippen LogP contribution in [0.15, 0.2) is 279 Å². The first-order chi connectivity index (χ1) is 38.2. The molecule has 0 fully saturated rings. The van der Waals surface area contributed by atoms with Crippen LogP contribution in [0.3, 0.4) is 0 Å². The average molecular weight is 1030 g/mol. The topological polar surface area (TPSA) is 9.86 Å². The van der Waals surface area contributed by atoms with Crippen molar-refractivity contribution in [1.29, 1.82) is 0 Å². The quantitative estimate of drug-likeness (QED) is 0.106. The van der Waals surface area contributed by atoms with E-state index in [9.17, 15) is 0 Å². The van der Waals surface area contributed by atoms with E-state index >= 15 is 0 Å². The van der Waals surface area contributed by atoms with Gasteiger partial charge in [-0.3, -0.25) is 0 Å². The zero-order valence-corrected chi connectivity index (χ0v) is 44.4. The zero-order valence-electron chi connectivity index (χ0n) is 41.8. The summed E-state index contributed by atoms with van der Waals surface area (Å²) in [6.45, 7) is 0. The Labute approximate surface area is 454 Å². The highest BCUT2D eigenvalue weighted by Crippen LogP contribution is 2.42. The molecule has 360 valence electrons. The molecule has 12 aromatic carbocycles. The number of benzene rings is 12. The number of fused-ring (bicyclic) bond motifs is 12. The lowest BCUT2D eigenvalue weighted by molar-refractivity contribution is 1.18. The summed E-state index contributed by atoms with van der Waals surface area (Å²) in [6.07, 6.45) is 0. The van der Waals surface area contributed by atoms with Gasteiger partial charge in [0.25, 0.3) is 0 Å². The minimum absolute atomic E-state index is 1.17. The Hall–Kier alpha value is -9.10. The Morgan fingerprint density at radius 1 is 0.247 bits per heavy atom. The van der Waals surface area contributed by atoms with Crippen molar-refractivity contribution < 1.29 is 0 Å². The fourth-order valence-corrected chi connectivity index (χ4v) is 21.2. The molecule has 2 nitrogen and oxygen atoms in total. The number of thiophene rings is 2. The maximum absolute atomic E-state index is 3.06. The van der Waals surface area contributed by atoms with E-state index in [1.807, 2.05) is 22.7 Å². The molecule has 0 aliphatic rings. The van der Waals surface area contributed by atoms with Crippen LogP contribution in [0.4, 0.5) is 0 Å². The van der Waals surface area contributed by atoms with Gasteiger partial charge in [0.05, 0.1) is 22.1 Å². The summed E-state index contributed by atoms with van der Waals surface area (Å²) in [6, 6.07) is 105. The first-order valence-corrected chi connectivity index (χ1v) is 30.0.